The molecule has 4 aliphatic rings. The molecule has 0 N–H and O–H groups in total. The number of alkyl halides is 2. The van der Waals surface area contributed by atoms with Crippen LogP contribution in [0.3, 0.4) is 0 Å². The lowest BCUT2D eigenvalue weighted by atomic mass is 9.68. The minimum absolute atomic E-state index is 0.217. The first-order valence-corrected chi connectivity index (χ1v) is 14.4. The van der Waals surface area contributed by atoms with Crippen LogP contribution < -0.4 is 0 Å². The highest BCUT2D eigenvalue weighted by Gasteiger charge is 2.44. The first-order valence-electron chi connectivity index (χ1n) is 14.4. The van der Waals surface area contributed by atoms with Gasteiger partial charge in [-0.1, -0.05) is 52.4 Å². The fourth-order valence-electron chi connectivity index (χ4n) is 7.63. The number of hydrogen-bond donors (Lipinski definition) is 0. The van der Waals surface area contributed by atoms with Gasteiger partial charge in [0.1, 0.15) is 0 Å². The highest BCUT2D eigenvalue weighted by Crippen LogP contribution is 2.45. The normalized spacial score (nSPS) is 42.0. The lowest BCUT2D eigenvalue weighted by molar-refractivity contribution is -0.301. The monoisotopic (exact) mass is 452 g/mol. The summed E-state index contributed by atoms with van der Waals surface area (Å²) < 4.78 is 35.0. The van der Waals surface area contributed by atoms with Gasteiger partial charge in [-0.3, -0.25) is 0 Å². The van der Waals surface area contributed by atoms with E-state index in [1.54, 1.807) is 0 Å². The van der Waals surface area contributed by atoms with Gasteiger partial charge in [0.15, 0.2) is 0 Å². The third-order valence-electron chi connectivity index (χ3n) is 10.2. The third-order valence-corrected chi connectivity index (χ3v) is 10.2. The maximum Gasteiger partial charge on any atom is 0.358 e. The topological polar surface area (TPSA) is 9.23 Å². The van der Waals surface area contributed by atoms with Gasteiger partial charge in [0.2, 0.25) is 0 Å². The van der Waals surface area contributed by atoms with Crippen LogP contribution in [-0.4, -0.2) is 12.2 Å². The Bertz CT molecular complexity index is 531. The Balaban J connectivity index is 1.11. The minimum atomic E-state index is -2.91. The van der Waals surface area contributed by atoms with Crippen molar-refractivity contribution >= 4 is 0 Å². The molecular formula is C29H50F2O. The van der Waals surface area contributed by atoms with E-state index >= 15 is 0 Å². The molecule has 0 aromatic rings. The Kier molecular flexibility index (Phi) is 8.96. The van der Waals surface area contributed by atoms with E-state index in [-0.39, 0.29) is 6.10 Å². The summed E-state index contributed by atoms with van der Waals surface area (Å²) >= 11 is 0. The lowest BCUT2D eigenvalue weighted by Gasteiger charge is -2.38. The number of ether oxygens (including phenoxy) is 1. The molecule has 0 atom stereocenters. The van der Waals surface area contributed by atoms with Crippen LogP contribution >= 0.6 is 0 Å². The molecule has 0 aromatic heterocycles. The van der Waals surface area contributed by atoms with Gasteiger partial charge < -0.3 is 4.74 Å². The van der Waals surface area contributed by atoms with Gasteiger partial charge in [0.25, 0.3) is 0 Å². The minimum Gasteiger partial charge on any atom is -0.317 e. The van der Waals surface area contributed by atoms with Crippen LogP contribution in [0.25, 0.3) is 0 Å². The molecule has 0 aliphatic heterocycles. The summed E-state index contributed by atoms with van der Waals surface area (Å²) in [5, 5.41) is 0. The van der Waals surface area contributed by atoms with Gasteiger partial charge in [0.05, 0.1) is 12.0 Å². The summed E-state index contributed by atoms with van der Waals surface area (Å²) in [6, 6.07) is 0. The second-order valence-corrected chi connectivity index (χ2v) is 12.7. The number of halogens is 2. The molecule has 186 valence electrons. The quantitative estimate of drug-likeness (QED) is 0.374. The molecule has 4 aliphatic carbocycles. The average molecular weight is 453 g/mol. The van der Waals surface area contributed by atoms with Crippen LogP contribution in [0.1, 0.15) is 129 Å². The van der Waals surface area contributed by atoms with E-state index in [1.165, 1.54) is 64.2 Å². The Morgan fingerprint density at radius 3 is 1.47 bits per heavy atom. The highest BCUT2D eigenvalue weighted by molar-refractivity contribution is 4.83. The van der Waals surface area contributed by atoms with Crippen LogP contribution in [0.15, 0.2) is 0 Å². The van der Waals surface area contributed by atoms with E-state index in [2.05, 4.69) is 13.8 Å². The Morgan fingerprint density at radius 1 is 0.562 bits per heavy atom. The SMILES string of the molecule is CC1CCC(OC(F)(F)C2CCC(CCC3CCC(C4CCC(C)CC4)CC3)CC2)CC1. The van der Waals surface area contributed by atoms with Crippen LogP contribution in [0.2, 0.25) is 0 Å². The van der Waals surface area contributed by atoms with Gasteiger partial charge in [-0.2, -0.15) is 8.78 Å². The van der Waals surface area contributed by atoms with Crippen molar-refractivity contribution < 1.29 is 13.5 Å². The maximum absolute atomic E-state index is 14.8. The summed E-state index contributed by atoms with van der Waals surface area (Å²) in [6.07, 6.45) is 18.1. The summed E-state index contributed by atoms with van der Waals surface area (Å²) in [5.74, 6) is 4.68. The van der Waals surface area contributed by atoms with Crippen LogP contribution in [-0.2, 0) is 4.74 Å². The molecule has 3 heteroatoms. The molecule has 0 aromatic carbocycles. The van der Waals surface area contributed by atoms with Crippen LogP contribution in [0.4, 0.5) is 8.78 Å². The van der Waals surface area contributed by atoms with E-state index in [9.17, 15) is 8.78 Å². The molecule has 0 heterocycles. The molecule has 4 saturated carbocycles. The molecule has 0 radical (unpaired) electrons. The molecule has 0 bridgehead atoms. The Hall–Kier alpha value is -0.180. The fraction of sp³-hybridized carbons (Fsp3) is 1.00. The van der Waals surface area contributed by atoms with Crippen molar-refractivity contribution in [2.45, 2.75) is 142 Å². The molecule has 0 saturated heterocycles. The van der Waals surface area contributed by atoms with E-state index in [1.807, 2.05) is 0 Å². The van der Waals surface area contributed by atoms with Crippen molar-refractivity contribution in [1.29, 1.82) is 0 Å². The molecule has 0 spiro atoms. The van der Waals surface area contributed by atoms with Crippen molar-refractivity contribution in [3.63, 3.8) is 0 Å². The zero-order valence-electron chi connectivity index (χ0n) is 21.0. The molecule has 0 unspecified atom stereocenters. The molecule has 4 rings (SSSR count). The number of hydrogen-bond acceptors (Lipinski definition) is 1. The summed E-state index contributed by atoms with van der Waals surface area (Å²) in [6.45, 7) is 4.64. The van der Waals surface area contributed by atoms with Gasteiger partial charge in [-0.15, -0.1) is 0 Å². The number of rotatable bonds is 7. The van der Waals surface area contributed by atoms with Crippen molar-refractivity contribution in [1.82, 2.24) is 0 Å². The first-order chi connectivity index (χ1) is 15.4. The van der Waals surface area contributed by atoms with Crippen molar-refractivity contribution in [3.8, 4) is 0 Å². The Morgan fingerprint density at radius 2 is 0.969 bits per heavy atom. The standard InChI is InChI=1S/C29H50F2O/c1-21-3-13-25(14-4-21)26-15-9-23(10-16-26)7-8-24-11-17-27(18-12-24)29(30,31)32-28-19-5-22(2)6-20-28/h21-28H,3-20H2,1-2H3. The fourth-order valence-corrected chi connectivity index (χ4v) is 7.63. The van der Waals surface area contributed by atoms with Gasteiger partial charge in [-0.05, 0) is 113 Å². The summed E-state index contributed by atoms with van der Waals surface area (Å²) in [4.78, 5) is 0. The van der Waals surface area contributed by atoms with Gasteiger partial charge in [-0.25, -0.2) is 0 Å². The highest BCUT2D eigenvalue weighted by atomic mass is 19.3. The average Bonchev–Trinajstić information content (AvgIpc) is 2.80. The van der Waals surface area contributed by atoms with E-state index in [4.69, 9.17) is 4.74 Å². The first kappa shape index (κ1) is 24.9. The zero-order chi connectivity index (χ0) is 22.6. The predicted octanol–water partition coefficient (Wildman–Crippen LogP) is 9.39. The van der Waals surface area contributed by atoms with E-state index in [0.29, 0.717) is 24.7 Å². The molecule has 0 amide bonds. The predicted molar refractivity (Wildman–Crippen MR) is 129 cm³/mol. The van der Waals surface area contributed by atoms with Gasteiger partial charge >= 0.3 is 6.11 Å². The molecular weight excluding hydrogens is 402 g/mol. The molecule has 1 nitrogen and oxygen atoms in total. The molecule has 4 fully saturated rings. The van der Waals surface area contributed by atoms with E-state index < -0.39 is 12.0 Å². The van der Waals surface area contributed by atoms with Crippen molar-refractivity contribution in [2.24, 2.45) is 41.4 Å². The maximum atomic E-state index is 14.8. The van der Waals surface area contributed by atoms with Crippen LogP contribution in [0.5, 0.6) is 0 Å². The summed E-state index contributed by atoms with van der Waals surface area (Å²) in [7, 11) is 0. The zero-order valence-corrected chi connectivity index (χ0v) is 21.0. The largest absolute Gasteiger partial charge is 0.358 e. The van der Waals surface area contributed by atoms with E-state index in [0.717, 1.165) is 62.2 Å². The summed E-state index contributed by atoms with van der Waals surface area (Å²) in [5.41, 5.74) is 0. The third kappa shape index (κ3) is 6.92. The smallest absolute Gasteiger partial charge is 0.317 e. The van der Waals surface area contributed by atoms with Crippen molar-refractivity contribution in [2.75, 3.05) is 0 Å². The molecule has 32 heavy (non-hydrogen) atoms. The van der Waals surface area contributed by atoms with Crippen molar-refractivity contribution in [3.05, 3.63) is 0 Å². The second kappa shape index (κ2) is 11.5. The Labute approximate surface area is 196 Å². The van der Waals surface area contributed by atoms with Crippen LogP contribution in [0, 0.1) is 41.4 Å². The van der Waals surface area contributed by atoms with Gasteiger partial charge in [0, 0.05) is 0 Å². The second-order valence-electron chi connectivity index (χ2n) is 12.7. The lowest BCUT2D eigenvalue weighted by Crippen LogP contribution is -2.39.